The fraction of sp³-hybridized carbons (Fsp3) is 0.905. The normalized spacial score (nSPS) is 26.3. The minimum atomic E-state index is 0.249. The number of amides is 1. The second-order valence-electron chi connectivity index (χ2n) is 8.70. The molecule has 3 fully saturated rings. The smallest absolute Gasteiger partial charge is 0.222 e. The fourth-order valence-electron chi connectivity index (χ4n) is 4.91. The SMILES string of the molecule is CCC(=O)N1CCC(NC(=NC)NCC2(CN3CCOCC3)CCCCC2)C1. The molecule has 0 aromatic rings. The maximum atomic E-state index is 11.9. The maximum absolute atomic E-state index is 11.9. The Balaban J connectivity index is 1.51. The van der Waals surface area contributed by atoms with E-state index in [0.29, 0.717) is 17.9 Å². The molecule has 1 aliphatic carbocycles. The molecule has 2 heterocycles. The first kappa shape index (κ1) is 21.4. The van der Waals surface area contributed by atoms with Crippen molar-refractivity contribution >= 4 is 11.9 Å². The van der Waals surface area contributed by atoms with E-state index in [1.807, 2.05) is 18.9 Å². The minimum absolute atomic E-state index is 0.249. The van der Waals surface area contributed by atoms with E-state index in [1.165, 1.54) is 32.1 Å². The zero-order valence-corrected chi connectivity index (χ0v) is 17.8. The highest BCUT2D eigenvalue weighted by molar-refractivity contribution is 5.80. The van der Waals surface area contributed by atoms with Crippen molar-refractivity contribution in [3.05, 3.63) is 0 Å². The average molecular weight is 394 g/mol. The van der Waals surface area contributed by atoms with Crippen LogP contribution in [-0.2, 0) is 9.53 Å². The summed E-state index contributed by atoms with van der Waals surface area (Å²) in [6.07, 6.45) is 8.17. The minimum Gasteiger partial charge on any atom is -0.379 e. The zero-order chi connectivity index (χ0) is 19.8. The van der Waals surface area contributed by atoms with E-state index in [-0.39, 0.29) is 5.91 Å². The fourth-order valence-corrected chi connectivity index (χ4v) is 4.91. The van der Waals surface area contributed by atoms with Crippen molar-refractivity contribution in [2.45, 2.75) is 57.9 Å². The number of carbonyl (C=O) groups excluding carboxylic acids is 1. The van der Waals surface area contributed by atoms with Gasteiger partial charge in [0, 0.05) is 64.2 Å². The lowest BCUT2D eigenvalue weighted by atomic mass is 9.73. The van der Waals surface area contributed by atoms with Gasteiger partial charge >= 0.3 is 0 Å². The van der Waals surface area contributed by atoms with Crippen molar-refractivity contribution in [1.29, 1.82) is 0 Å². The first-order chi connectivity index (χ1) is 13.6. The van der Waals surface area contributed by atoms with Crippen LogP contribution in [0.25, 0.3) is 0 Å². The molecule has 3 aliphatic rings. The van der Waals surface area contributed by atoms with Crippen molar-refractivity contribution in [2.24, 2.45) is 10.4 Å². The highest BCUT2D eigenvalue weighted by Gasteiger charge is 2.35. The summed E-state index contributed by atoms with van der Waals surface area (Å²) in [6, 6.07) is 0.295. The van der Waals surface area contributed by atoms with E-state index in [1.54, 1.807) is 0 Å². The number of carbonyl (C=O) groups is 1. The summed E-state index contributed by atoms with van der Waals surface area (Å²) in [7, 11) is 1.84. The molecule has 3 rings (SSSR count). The predicted molar refractivity (Wildman–Crippen MR) is 113 cm³/mol. The Labute approximate surface area is 170 Å². The Morgan fingerprint density at radius 2 is 1.93 bits per heavy atom. The number of aliphatic imine (C=N–C) groups is 1. The lowest BCUT2D eigenvalue weighted by Crippen LogP contribution is -2.52. The molecule has 28 heavy (non-hydrogen) atoms. The highest BCUT2D eigenvalue weighted by Crippen LogP contribution is 2.36. The molecule has 1 atom stereocenters. The van der Waals surface area contributed by atoms with Gasteiger partial charge in [0.25, 0.3) is 0 Å². The number of rotatable bonds is 6. The van der Waals surface area contributed by atoms with Gasteiger partial charge in [-0.15, -0.1) is 0 Å². The molecule has 160 valence electrons. The molecule has 0 bridgehead atoms. The molecular formula is C21H39N5O2. The summed E-state index contributed by atoms with van der Waals surface area (Å²) in [6.45, 7) is 9.52. The maximum Gasteiger partial charge on any atom is 0.222 e. The van der Waals surface area contributed by atoms with Gasteiger partial charge in [0.05, 0.1) is 13.2 Å². The number of nitrogens with one attached hydrogen (secondary N) is 2. The third-order valence-corrected chi connectivity index (χ3v) is 6.62. The van der Waals surface area contributed by atoms with Gasteiger partial charge in [-0.1, -0.05) is 26.2 Å². The summed E-state index contributed by atoms with van der Waals surface area (Å²) in [5.41, 5.74) is 0.326. The number of morpholine rings is 1. The number of guanidine groups is 1. The van der Waals surface area contributed by atoms with Crippen LogP contribution >= 0.6 is 0 Å². The average Bonchev–Trinajstić information content (AvgIpc) is 3.20. The van der Waals surface area contributed by atoms with Gasteiger partial charge in [-0.3, -0.25) is 14.7 Å². The molecule has 2 aliphatic heterocycles. The van der Waals surface area contributed by atoms with Crippen LogP contribution in [0.1, 0.15) is 51.9 Å². The van der Waals surface area contributed by atoms with Crippen LogP contribution in [0.5, 0.6) is 0 Å². The van der Waals surface area contributed by atoms with Gasteiger partial charge in [0.15, 0.2) is 5.96 Å². The lowest BCUT2D eigenvalue weighted by Gasteiger charge is -2.42. The Morgan fingerprint density at radius 1 is 1.18 bits per heavy atom. The summed E-state index contributed by atoms with van der Waals surface area (Å²) in [4.78, 5) is 20.9. The standard InChI is InChI=1S/C21H39N5O2/c1-3-19(27)26-10-7-18(15-26)24-20(22-2)23-16-21(8-5-4-6-9-21)17-25-11-13-28-14-12-25/h18H,3-17H2,1-2H3,(H2,22,23,24). The Morgan fingerprint density at radius 3 is 2.61 bits per heavy atom. The van der Waals surface area contributed by atoms with Gasteiger partial charge in [0.1, 0.15) is 0 Å². The van der Waals surface area contributed by atoms with E-state index in [2.05, 4.69) is 20.5 Å². The molecule has 0 aromatic heterocycles. The lowest BCUT2D eigenvalue weighted by molar-refractivity contribution is -0.129. The van der Waals surface area contributed by atoms with Gasteiger partial charge in [-0.05, 0) is 19.3 Å². The summed E-state index contributed by atoms with van der Waals surface area (Å²) < 4.78 is 5.53. The van der Waals surface area contributed by atoms with E-state index < -0.39 is 0 Å². The molecule has 1 saturated carbocycles. The molecule has 0 spiro atoms. The molecule has 0 radical (unpaired) electrons. The van der Waals surface area contributed by atoms with Crippen molar-refractivity contribution in [1.82, 2.24) is 20.4 Å². The van der Waals surface area contributed by atoms with Gasteiger partial charge in [0.2, 0.25) is 5.91 Å². The molecule has 1 unspecified atom stereocenters. The number of nitrogens with zero attached hydrogens (tertiary/aromatic N) is 3. The van der Waals surface area contributed by atoms with Crippen LogP contribution in [0, 0.1) is 5.41 Å². The number of ether oxygens (including phenoxy) is 1. The van der Waals surface area contributed by atoms with Crippen molar-refractivity contribution in [2.75, 3.05) is 59.5 Å². The number of hydrogen-bond acceptors (Lipinski definition) is 4. The van der Waals surface area contributed by atoms with E-state index >= 15 is 0 Å². The monoisotopic (exact) mass is 393 g/mol. The summed E-state index contributed by atoms with van der Waals surface area (Å²) in [5.74, 6) is 1.13. The summed E-state index contributed by atoms with van der Waals surface area (Å²) >= 11 is 0. The second kappa shape index (κ2) is 10.4. The summed E-state index contributed by atoms with van der Waals surface area (Å²) in [5, 5.41) is 7.18. The van der Waals surface area contributed by atoms with Gasteiger partial charge in [-0.25, -0.2) is 0 Å². The molecule has 7 heteroatoms. The first-order valence-electron chi connectivity index (χ1n) is 11.2. The third-order valence-electron chi connectivity index (χ3n) is 6.62. The molecule has 2 N–H and O–H groups in total. The van der Waals surface area contributed by atoms with Crippen LogP contribution in [0.3, 0.4) is 0 Å². The number of hydrogen-bond donors (Lipinski definition) is 2. The number of likely N-dealkylation sites (tertiary alicyclic amines) is 1. The quantitative estimate of drug-likeness (QED) is 0.528. The molecule has 7 nitrogen and oxygen atoms in total. The molecule has 1 amide bonds. The van der Waals surface area contributed by atoms with Crippen LogP contribution < -0.4 is 10.6 Å². The van der Waals surface area contributed by atoms with E-state index in [0.717, 1.165) is 64.9 Å². The molecule has 0 aromatic carbocycles. The Kier molecular flexibility index (Phi) is 7.97. The van der Waals surface area contributed by atoms with Crippen LogP contribution in [-0.4, -0.2) is 87.2 Å². The second-order valence-corrected chi connectivity index (χ2v) is 8.70. The van der Waals surface area contributed by atoms with Gasteiger partial charge in [-0.2, -0.15) is 0 Å². The van der Waals surface area contributed by atoms with Crippen molar-refractivity contribution < 1.29 is 9.53 Å². The third kappa shape index (κ3) is 5.83. The van der Waals surface area contributed by atoms with Crippen molar-refractivity contribution in [3.8, 4) is 0 Å². The Bertz CT molecular complexity index is 527. The van der Waals surface area contributed by atoms with Crippen molar-refractivity contribution in [3.63, 3.8) is 0 Å². The zero-order valence-electron chi connectivity index (χ0n) is 17.8. The molecule has 2 saturated heterocycles. The van der Waals surface area contributed by atoms with Crippen LogP contribution in [0.4, 0.5) is 0 Å². The van der Waals surface area contributed by atoms with E-state index in [4.69, 9.17) is 4.74 Å². The Hall–Kier alpha value is -1.34. The van der Waals surface area contributed by atoms with Gasteiger partial charge < -0.3 is 20.3 Å². The largest absolute Gasteiger partial charge is 0.379 e. The first-order valence-corrected chi connectivity index (χ1v) is 11.2. The van der Waals surface area contributed by atoms with Crippen LogP contribution in [0.15, 0.2) is 4.99 Å². The van der Waals surface area contributed by atoms with Crippen LogP contribution in [0.2, 0.25) is 0 Å². The molecular weight excluding hydrogens is 354 g/mol. The predicted octanol–water partition coefficient (Wildman–Crippen LogP) is 1.45. The van der Waals surface area contributed by atoms with E-state index in [9.17, 15) is 4.79 Å². The topological polar surface area (TPSA) is 69.2 Å². The highest BCUT2D eigenvalue weighted by atomic mass is 16.5.